The van der Waals surface area contributed by atoms with Gasteiger partial charge in [0.1, 0.15) is 0 Å². The Balaban J connectivity index is 1.41. The Kier molecular flexibility index (Phi) is 5.60. The first-order valence-electron chi connectivity index (χ1n) is 13.5. The molecule has 2 unspecified atom stereocenters. The van der Waals surface area contributed by atoms with Crippen LogP contribution in [0.1, 0.15) is 70.2 Å². The van der Waals surface area contributed by atoms with Crippen LogP contribution in [0.3, 0.4) is 0 Å². The minimum atomic E-state index is 0.0318. The molecule has 0 amide bonds. The molecule has 0 spiro atoms. The third-order valence-electron chi connectivity index (χ3n) is 8.83. The molecule has 0 heteroatoms. The fraction of sp³-hybridized carbons (Fsp3) is 0.243. The third kappa shape index (κ3) is 3.82. The van der Waals surface area contributed by atoms with Crippen molar-refractivity contribution in [3.8, 4) is 22.3 Å². The molecule has 2 atom stereocenters. The summed E-state index contributed by atoms with van der Waals surface area (Å²) in [7, 11) is 0. The Morgan fingerprint density at radius 2 is 0.946 bits per heavy atom. The van der Waals surface area contributed by atoms with Crippen molar-refractivity contribution in [2.45, 2.75) is 53.4 Å². The van der Waals surface area contributed by atoms with Crippen LogP contribution in [0.2, 0.25) is 0 Å². The summed E-state index contributed by atoms with van der Waals surface area (Å²) >= 11 is 0. The maximum Gasteiger partial charge on any atom is 0.00875 e. The minimum Gasteiger partial charge on any atom is -0.0758 e. The second-order valence-electron chi connectivity index (χ2n) is 11.7. The topological polar surface area (TPSA) is 0 Å². The van der Waals surface area contributed by atoms with Crippen molar-refractivity contribution in [2.24, 2.45) is 5.41 Å². The van der Waals surface area contributed by atoms with Gasteiger partial charge in [-0.05, 0) is 88.7 Å². The van der Waals surface area contributed by atoms with Crippen LogP contribution in [0, 0.1) is 33.1 Å². The first kappa shape index (κ1) is 23.7. The largest absolute Gasteiger partial charge is 0.0758 e. The zero-order chi connectivity index (χ0) is 25.9. The molecule has 6 rings (SSSR count). The van der Waals surface area contributed by atoms with Gasteiger partial charge in [0.2, 0.25) is 0 Å². The number of allylic oxidation sites excluding steroid dienone is 2. The molecule has 2 aliphatic rings. The van der Waals surface area contributed by atoms with Crippen LogP contribution < -0.4 is 0 Å². The Morgan fingerprint density at radius 3 is 1.38 bits per heavy atom. The lowest BCUT2D eigenvalue weighted by Crippen LogP contribution is -2.26. The standard InChI is InChI=1S/C37H36/c1-23-13-15-25(3)33(21-23)27-9-7-11-31-29(27)17-19-35(31)37(5,6)36-20-18-30-28(10-8-12-32(30)36)34-22-24(2)14-16-26(34)4/h7-22,35-36H,1-6H3. The highest BCUT2D eigenvalue weighted by molar-refractivity contribution is 5.84. The Bertz CT molecular complexity index is 1470. The van der Waals surface area contributed by atoms with Gasteiger partial charge in [-0.2, -0.15) is 0 Å². The van der Waals surface area contributed by atoms with E-state index in [-0.39, 0.29) is 5.41 Å². The van der Waals surface area contributed by atoms with Crippen LogP contribution in [-0.4, -0.2) is 0 Å². The number of fused-ring (bicyclic) bond motifs is 2. The van der Waals surface area contributed by atoms with E-state index in [2.05, 4.69) is 139 Å². The number of benzene rings is 4. The lowest BCUT2D eigenvalue weighted by atomic mass is 9.66. The molecule has 0 nitrogen and oxygen atoms in total. The summed E-state index contributed by atoms with van der Waals surface area (Å²) < 4.78 is 0. The smallest absolute Gasteiger partial charge is 0.00875 e. The molecule has 0 N–H and O–H groups in total. The fourth-order valence-electron chi connectivity index (χ4n) is 6.69. The summed E-state index contributed by atoms with van der Waals surface area (Å²) in [6, 6.07) is 27.4. The molecule has 0 heterocycles. The van der Waals surface area contributed by atoms with Gasteiger partial charge in [-0.1, -0.05) is 122 Å². The summed E-state index contributed by atoms with van der Waals surface area (Å²) in [5.74, 6) is 0.718. The molecule has 0 fully saturated rings. The SMILES string of the molecule is Cc1ccc(C)c(-c2cccc3c2C=CC3C(C)(C)C2C=Cc3c(-c4cc(C)ccc4C)cccc32)c1. The first-order chi connectivity index (χ1) is 17.8. The van der Waals surface area contributed by atoms with Crippen molar-refractivity contribution in [3.63, 3.8) is 0 Å². The molecular weight excluding hydrogens is 444 g/mol. The average Bonchev–Trinajstić information content (AvgIpc) is 3.52. The van der Waals surface area contributed by atoms with Crippen molar-refractivity contribution in [1.29, 1.82) is 0 Å². The van der Waals surface area contributed by atoms with E-state index in [1.807, 2.05) is 0 Å². The van der Waals surface area contributed by atoms with Crippen molar-refractivity contribution in [1.82, 2.24) is 0 Å². The third-order valence-corrected chi connectivity index (χ3v) is 8.83. The highest BCUT2D eigenvalue weighted by Crippen LogP contribution is 2.55. The maximum absolute atomic E-state index is 2.46. The van der Waals surface area contributed by atoms with E-state index in [0.29, 0.717) is 11.8 Å². The van der Waals surface area contributed by atoms with Crippen LogP contribution in [0.4, 0.5) is 0 Å². The van der Waals surface area contributed by atoms with Gasteiger partial charge in [-0.3, -0.25) is 0 Å². The van der Waals surface area contributed by atoms with Gasteiger partial charge < -0.3 is 0 Å². The Morgan fingerprint density at radius 1 is 0.514 bits per heavy atom. The van der Waals surface area contributed by atoms with Gasteiger partial charge in [-0.15, -0.1) is 0 Å². The molecule has 0 aromatic heterocycles. The molecule has 0 bridgehead atoms. The summed E-state index contributed by atoms with van der Waals surface area (Å²) in [6.45, 7) is 13.7. The second-order valence-corrected chi connectivity index (χ2v) is 11.7. The molecule has 2 aliphatic carbocycles. The number of hydrogen-bond acceptors (Lipinski definition) is 0. The summed E-state index contributed by atoms with van der Waals surface area (Å²) in [5, 5.41) is 0. The van der Waals surface area contributed by atoms with E-state index in [1.54, 1.807) is 0 Å². The average molecular weight is 481 g/mol. The first-order valence-corrected chi connectivity index (χ1v) is 13.5. The highest BCUT2D eigenvalue weighted by atomic mass is 14.4. The predicted octanol–water partition coefficient (Wildman–Crippen LogP) is 10.2. The normalized spacial score (nSPS) is 17.8. The predicted molar refractivity (Wildman–Crippen MR) is 160 cm³/mol. The van der Waals surface area contributed by atoms with E-state index in [9.17, 15) is 0 Å². The molecule has 0 radical (unpaired) electrons. The molecular formula is C37H36. The van der Waals surface area contributed by atoms with Crippen molar-refractivity contribution in [3.05, 3.63) is 129 Å². The quantitative estimate of drug-likeness (QED) is 0.272. The second kappa shape index (κ2) is 8.73. The van der Waals surface area contributed by atoms with Crippen molar-refractivity contribution < 1.29 is 0 Å². The van der Waals surface area contributed by atoms with E-state index >= 15 is 0 Å². The van der Waals surface area contributed by atoms with Crippen LogP contribution in [-0.2, 0) is 0 Å². The number of hydrogen-bond donors (Lipinski definition) is 0. The Hall–Kier alpha value is -3.64. The molecule has 0 saturated heterocycles. The molecule has 0 saturated carbocycles. The monoisotopic (exact) mass is 480 g/mol. The van der Waals surface area contributed by atoms with E-state index < -0.39 is 0 Å². The van der Waals surface area contributed by atoms with Gasteiger partial charge in [0.15, 0.2) is 0 Å². The van der Waals surface area contributed by atoms with Gasteiger partial charge in [0.05, 0.1) is 0 Å². The zero-order valence-electron chi connectivity index (χ0n) is 22.9. The van der Waals surface area contributed by atoms with E-state index in [4.69, 9.17) is 0 Å². The summed E-state index contributed by atoms with van der Waals surface area (Å²) in [5.41, 5.74) is 16.4. The summed E-state index contributed by atoms with van der Waals surface area (Å²) in [4.78, 5) is 0. The minimum absolute atomic E-state index is 0.0318. The number of aryl methyl sites for hydroxylation is 4. The zero-order valence-corrected chi connectivity index (χ0v) is 22.9. The lowest BCUT2D eigenvalue weighted by molar-refractivity contribution is 0.292. The van der Waals surface area contributed by atoms with Gasteiger partial charge in [-0.25, -0.2) is 0 Å². The lowest BCUT2D eigenvalue weighted by Gasteiger charge is -2.37. The molecule has 4 aromatic rings. The van der Waals surface area contributed by atoms with E-state index in [0.717, 1.165) is 0 Å². The van der Waals surface area contributed by atoms with E-state index in [1.165, 1.54) is 66.8 Å². The highest BCUT2D eigenvalue weighted by Gasteiger charge is 2.41. The van der Waals surface area contributed by atoms with Crippen molar-refractivity contribution in [2.75, 3.05) is 0 Å². The van der Waals surface area contributed by atoms with Crippen LogP contribution in [0.15, 0.2) is 84.9 Å². The summed E-state index contributed by atoms with van der Waals surface area (Å²) in [6.07, 6.45) is 9.68. The fourth-order valence-corrected chi connectivity index (χ4v) is 6.69. The molecule has 184 valence electrons. The number of rotatable bonds is 4. The molecule has 37 heavy (non-hydrogen) atoms. The van der Waals surface area contributed by atoms with Crippen LogP contribution in [0.25, 0.3) is 34.4 Å². The molecule has 4 aromatic carbocycles. The van der Waals surface area contributed by atoms with Crippen LogP contribution in [0.5, 0.6) is 0 Å². The van der Waals surface area contributed by atoms with Gasteiger partial charge >= 0.3 is 0 Å². The Labute approximate surface area is 222 Å². The van der Waals surface area contributed by atoms with Gasteiger partial charge in [0, 0.05) is 11.8 Å². The van der Waals surface area contributed by atoms with Gasteiger partial charge in [0.25, 0.3) is 0 Å². The maximum atomic E-state index is 2.46. The van der Waals surface area contributed by atoms with Crippen molar-refractivity contribution >= 4 is 12.2 Å². The van der Waals surface area contributed by atoms with Crippen LogP contribution >= 0.6 is 0 Å². The molecule has 0 aliphatic heterocycles.